The topological polar surface area (TPSA) is 29.1 Å². The molecular weight excluding hydrogens is 162 g/mol. The van der Waals surface area contributed by atoms with Crippen molar-refractivity contribution in [1.82, 2.24) is 5.32 Å². The Bertz CT molecular complexity index is 161. The molecule has 0 radical (unpaired) electrons. The molecule has 0 saturated heterocycles. The van der Waals surface area contributed by atoms with E-state index in [9.17, 15) is 4.79 Å². The third kappa shape index (κ3) is 3.37. The molecule has 2 nitrogen and oxygen atoms in total. The predicted octanol–water partition coefficient (Wildman–Crippen LogP) is 2.34. The Morgan fingerprint density at radius 2 is 2.08 bits per heavy atom. The molecule has 76 valence electrons. The fraction of sp³-hybridized carbons (Fsp3) is 0.909. The van der Waals surface area contributed by atoms with Gasteiger partial charge < -0.3 is 5.32 Å². The molecule has 1 aliphatic carbocycles. The molecule has 1 saturated carbocycles. The number of hydrogen-bond acceptors (Lipinski definition) is 1. The smallest absolute Gasteiger partial charge is 0.223 e. The Labute approximate surface area is 81.1 Å². The second-order valence-corrected chi connectivity index (χ2v) is 4.24. The monoisotopic (exact) mass is 183 g/mol. The third-order valence-corrected chi connectivity index (χ3v) is 3.05. The van der Waals surface area contributed by atoms with Gasteiger partial charge in [-0.05, 0) is 18.8 Å². The van der Waals surface area contributed by atoms with Gasteiger partial charge in [-0.3, -0.25) is 4.79 Å². The van der Waals surface area contributed by atoms with Crippen molar-refractivity contribution in [1.29, 1.82) is 0 Å². The molecule has 1 unspecified atom stereocenters. The van der Waals surface area contributed by atoms with Crippen LogP contribution in [-0.2, 0) is 4.79 Å². The molecule has 0 aromatic carbocycles. The largest absolute Gasteiger partial charge is 0.356 e. The molecule has 0 bridgehead atoms. The summed E-state index contributed by atoms with van der Waals surface area (Å²) in [5.74, 6) is 1.23. The molecule has 2 heteroatoms. The average molecular weight is 183 g/mol. The third-order valence-electron chi connectivity index (χ3n) is 3.05. The summed E-state index contributed by atoms with van der Waals surface area (Å²) in [7, 11) is 0. The molecule has 13 heavy (non-hydrogen) atoms. The minimum atomic E-state index is 0.290. The summed E-state index contributed by atoms with van der Waals surface area (Å²) < 4.78 is 0. The number of carbonyl (C=O) groups excluding carboxylic acids is 1. The molecule has 0 spiro atoms. The molecule has 1 amide bonds. The highest BCUT2D eigenvalue weighted by atomic mass is 16.1. The van der Waals surface area contributed by atoms with Crippen LogP contribution in [0.25, 0.3) is 0 Å². The fourth-order valence-corrected chi connectivity index (χ4v) is 1.75. The van der Waals surface area contributed by atoms with Crippen LogP contribution in [0.15, 0.2) is 0 Å². The first-order valence-electron chi connectivity index (χ1n) is 5.51. The van der Waals surface area contributed by atoms with E-state index in [-0.39, 0.29) is 5.91 Å². The van der Waals surface area contributed by atoms with Crippen LogP contribution in [0.1, 0.15) is 46.0 Å². The molecule has 1 atom stereocenters. The Morgan fingerprint density at radius 3 is 2.62 bits per heavy atom. The van der Waals surface area contributed by atoms with E-state index in [1.165, 1.54) is 12.8 Å². The van der Waals surface area contributed by atoms with Crippen LogP contribution in [0, 0.1) is 11.8 Å². The standard InChI is InChI=1S/C11H21NO/c1-3-9(2)8-12-11(13)10-6-4-5-7-10/h9-10H,3-8H2,1-2H3,(H,12,13). The number of hydrogen-bond donors (Lipinski definition) is 1. The summed E-state index contributed by atoms with van der Waals surface area (Å²) in [6.45, 7) is 5.19. The number of amides is 1. The van der Waals surface area contributed by atoms with E-state index in [0.717, 1.165) is 25.8 Å². The number of carbonyl (C=O) groups is 1. The van der Waals surface area contributed by atoms with E-state index in [4.69, 9.17) is 0 Å². The van der Waals surface area contributed by atoms with E-state index in [1.807, 2.05) is 0 Å². The molecule has 0 aromatic heterocycles. The van der Waals surface area contributed by atoms with Gasteiger partial charge in [0.25, 0.3) is 0 Å². The highest BCUT2D eigenvalue weighted by molar-refractivity contribution is 5.78. The van der Waals surface area contributed by atoms with Gasteiger partial charge in [0.1, 0.15) is 0 Å². The first-order valence-corrected chi connectivity index (χ1v) is 5.51. The van der Waals surface area contributed by atoms with Gasteiger partial charge in [-0.25, -0.2) is 0 Å². The summed E-state index contributed by atoms with van der Waals surface area (Å²) in [4.78, 5) is 11.6. The first kappa shape index (κ1) is 10.6. The second kappa shape index (κ2) is 5.25. The first-order chi connectivity index (χ1) is 6.24. The lowest BCUT2D eigenvalue weighted by Crippen LogP contribution is -2.32. The van der Waals surface area contributed by atoms with Crippen molar-refractivity contribution in [3.63, 3.8) is 0 Å². The van der Waals surface area contributed by atoms with Crippen molar-refractivity contribution in [2.24, 2.45) is 11.8 Å². The average Bonchev–Trinajstić information content (AvgIpc) is 2.66. The summed E-state index contributed by atoms with van der Waals surface area (Å²) in [5.41, 5.74) is 0. The van der Waals surface area contributed by atoms with Crippen molar-refractivity contribution in [3.05, 3.63) is 0 Å². The van der Waals surface area contributed by atoms with Crippen molar-refractivity contribution in [2.45, 2.75) is 46.0 Å². The fourth-order valence-electron chi connectivity index (χ4n) is 1.75. The molecule has 0 heterocycles. The molecule has 0 aromatic rings. The van der Waals surface area contributed by atoms with Crippen LogP contribution in [0.4, 0.5) is 0 Å². The van der Waals surface area contributed by atoms with Crippen LogP contribution >= 0.6 is 0 Å². The van der Waals surface area contributed by atoms with E-state index in [1.54, 1.807) is 0 Å². The van der Waals surface area contributed by atoms with Gasteiger partial charge >= 0.3 is 0 Å². The zero-order valence-electron chi connectivity index (χ0n) is 8.81. The lowest BCUT2D eigenvalue weighted by atomic mass is 10.1. The van der Waals surface area contributed by atoms with Gasteiger partial charge in [0.15, 0.2) is 0 Å². The molecule has 1 fully saturated rings. The van der Waals surface area contributed by atoms with Crippen molar-refractivity contribution >= 4 is 5.91 Å². The summed E-state index contributed by atoms with van der Waals surface area (Å²) >= 11 is 0. The SMILES string of the molecule is CCC(C)CNC(=O)C1CCCC1. The van der Waals surface area contributed by atoms with E-state index in [0.29, 0.717) is 11.8 Å². The predicted molar refractivity (Wildman–Crippen MR) is 54.4 cm³/mol. The lowest BCUT2D eigenvalue weighted by molar-refractivity contribution is -0.124. The number of nitrogens with one attached hydrogen (secondary N) is 1. The zero-order chi connectivity index (χ0) is 9.68. The van der Waals surface area contributed by atoms with Gasteiger partial charge in [-0.2, -0.15) is 0 Å². The van der Waals surface area contributed by atoms with E-state index in [2.05, 4.69) is 19.2 Å². The van der Waals surface area contributed by atoms with Crippen LogP contribution in [0.2, 0.25) is 0 Å². The molecule has 1 N–H and O–H groups in total. The van der Waals surface area contributed by atoms with Crippen LogP contribution in [0.5, 0.6) is 0 Å². The Balaban J connectivity index is 2.16. The Morgan fingerprint density at radius 1 is 1.46 bits per heavy atom. The Kier molecular flexibility index (Phi) is 4.26. The van der Waals surface area contributed by atoms with Crippen LogP contribution in [-0.4, -0.2) is 12.5 Å². The van der Waals surface area contributed by atoms with Gasteiger partial charge in [-0.1, -0.05) is 33.1 Å². The summed E-state index contributed by atoms with van der Waals surface area (Å²) in [5, 5.41) is 3.04. The quantitative estimate of drug-likeness (QED) is 0.712. The van der Waals surface area contributed by atoms with E-state index >= 15 is 0 Å². The van der Waals surface area contributed by atoms with Crippen LogP contribution < -0.4 is 5.32 Å². The molecule has 0 aliphatic heterocycles. The molecule has 1 rings (SSSR count). The zero-order valence-corrected chi connectivity index (χ0v) is 8.81. The molecular formula is C11H21NO. The second-order valence-electron chi connectivity index (χ2n) is 4.24. The van der Waals surface area contributed by atoms with Crippen molar-refractivity contribution < 1.29 is 4.79 Å². The highest BCUT2D eigenvalue weighted by Gasteiger charge is 2.22. The van der Waals surface area contributed by atoms with Gasteiger partial charge in [-0.15, -0.1) is 0 Å². The van der Waals surface area contributed by atoms with Crippen molar-refractivity contribution in [3.8, 4) is 0 Å². The van der Waals surface area contributed by atoms with Gasteiger partial charge in [0.2, 0.25) is 5.91 Å². The van der Waals surface area contributed by atoms with Gasteiger partial charge in [0.05, 0.1) is 0 Å². The summed E-state index contributed by atoms with van der Waals surface area (Å²) in [6, 6.07) is 0. The summed E-state index contributed by atoms with van der Waals surface area (Å²) in [6.07, 6.45) is 5.83. The molecule has 1 aliphatic rings. The highest BCUT2D eigenvalue weighted by Crippen LogP contribution is 2.24. The maximum atomic E-state index is 11.6. The van der Waals surface area contributed by atoms with Gasteiger partial charge in [0, 0.05) is 12.5 Å². The normalized spacial score (nSPS) is 20.2. The van der Waals surface area contributed by atoms with Crippen molar-refractivity contribution in [2.75, 3.05) is 6.54 Å². The maximum Gasteiger partial charge on any atom is 0.223 e. The Hall–Kier alpha value is -0.530. The minimum Gasteiger partial charge on any atom is -0.356 e. The lowest BCUT2D eigenvalue weighted by Gasteiger charge is -2.13. The number of rotatable bonds is 4. The minimum absolute atomic E-state index is 0.290. The maximum absolute atomic E-state index is 11.6. The van der Waals surface area contributed by atoms with Crippen LogP contribution in [0.3, 0.4) is 0 Å². The van der Waals surface area contributed by atoms with E-state index < -0.39 is 0 Å².